The first-order chi connectivity index (χ1) is 6.79. The number of rotatable bonds is 5. The zero-order chi connectivity index (χ0) is 10.4. The monoisotopic (exact) mass is 213 g/mol. The van der Waals surface area contributed by atoms with Gasteiger partial charge in [0.1, 0.15) is 17.3 Å². The Kier molecular flexibility index (Phi) is 4.66. The van der Waals surface area contributed by atoms with E-state index in [1.807, 2.05) is 0 Å². The average molecular weight is 214 g/mol. The van der Waals surface area contributed by atoms with Crippen LogP contribution in [0.2, 0.25) is 5.15 Å². The number of aromatic nitrogens is 2. The van der Waals surface area contributed by atoms with Gasteiger partial charge in [-0.15, -0.1) is 0 Å². The number of nitrogens with zero attached hydrogens (tertiary/aromatic N) is 2. The van der Waals surface area contributed by atoms with Gasteiger partial charge >= 0.3 is 0 Å². The molecular weight excluding hydrogens is 198 g/mol. The van der Waals surface area contributed by atoms with Crippen LogP contribution in [-0.4, -0.2) is 16.5 Å². The predicted molar refractivity (Wildman–Crippen MR) is 59.8 cm³/mol. The van der Waals surface area contributed by atoms with Crippen LogP contribution < -0.4 is 5.32 Å². The minimum atomic E-state index is 0.570. The fourth-order valence-electron chi connectivity index (χ4n) is 1.26. The maximum atomic E-state index is 6.00. The van der Waals surface area contributed by atoms with Gasteiger partial charge in [-0.25, -0.2) is 9.97 Å². The van der Waals surface area contributed by atoms with E-state index in [-0.39, 0.29) is 0 Å². The molecule has 0 atom stereocenters. The number of nitrogens with one attached hydrogen (secondary N) is 1. The average Bonchev–Trinajstić information content (AvgIpc) is 2.19. The van der Waals surface area contributed by atoms with Crippen molar-refractivity contribution in [1.82, 2.24) is 9.97 Å². The molecule has 0 radical (unpaired) electrons. The van der Waals surface area contributed by atoms with E-state index < -0.39 is 0 Å². The van der Waals surface area contributed by atoms with Crippen LogP contribution in [0.3, 0.4) is 0 Å². The first-order valence-corrected chi connectivity index (χ1v) is 5.40. The molecule has 1 N–H and O–H groups in total. The van der Waals surface area contributed by atoms with Crippen molar-refractivity contribution in [2.75, 3.05) is 11.9 Å². The summed E-state index contributed by atoms with van der Waals surface area (Å²) in [4.78, 5) is 8.17. The van der Waals surface area contributed by atoms with Crippen LogP contribution in [-0.2, 0) is 6.42 Å². The third kappa shape index (κ3) is 2.84. The molecule has 0 aliphatic carbocycles. The minimum Gasteiger partial charge on any atom is -0.370 e. The molecule has 0 fully saturated rings. The Hall–Kier alpha value is -0.830. The van der Waals surface area contributed by atoms with Gasteiger partial charge in [-0.3, -0.25) is 0 Å². The second-order valence-electron chi connectivity index (χ2n) is 3.17. The maximum absolute atomic E-state index is 6.00. The molecule has 4 heteroatoms. The summed E-state index contributed by atoms with van der Waals surface area (Å²) >= 11 is 6.00. The molecule has 0 unspecified atom stereocenters. The van der Waals surface area contributed by atoms with E-state index in [0.29, 0.717) is 5.15 Å². The Morgan fingerprint density at radius 3 is 2.71 bits per heavy atom. The molecule has 0 spiro atoms. The molecule has 0 bridgehead atoms. The van der Waals surface area contributed by atoms with Crippen LogP contribution in [0, 0.1) is 0 Å². The van der Waals surface area contributed by atoms with Gasteiger partial charge in [-0.1, -0.05) is 31.9 Å². The number of halogens is 1. The van der Waals surface area contributed by atoms with Crippen LogP contribution in [0.4, 0.5) is 5.82 Å². The molecule has 14 heavy (non-hydrogen) atoms. The van der Waals surface area contributed by atoms with E-state index >= 15 is 0 Å². The lowest BCUT2D eigenvalue weighted by Crippen LogP contribution is -2.06. The van der Waals surface area contributed by atoms with Gasteiger partial charge in [0.2, 0.25) is 0 Å². The van der Waals surface area contributed by atoms with Crippen LogP contribution in [0.25, 0.3) is 0 Å². The van der Waals surface area contributed by atoms with Crippen molar-refractivity contribution in [3.05, 3.63) is 17.0 Å². The highest BCUT2D eigenvalue weighted by molar-refractivity contribution is 6.30. The van der Waals surface area contributed by atoms with E-state index in [0.717, 1.165) is 37.2 Å². The molecule has 1 aromatic rings. The highest BCUT2D eigenvalue weighted by Crippen LogP contribution is 2.21. The lowest BCUT2D eigenvalue weighted by molar-refractivity contribution is 0.889. The Labute approximate surface area is 89.9 Å². The van der Waals surface area contributed by atoms with Gasteiger partial charge in [0.05, 0.1) is 0 Å². The predicted octanol–water partition coefficient (Wildman–Crippen LogP) is 2.90. The summed E-state index contributed by atoms with van der Waals surface area (Å²) in [5, 5.41) is 3.82. The van der Waals surface area contributed by atoms with E-state index in [2.05, 4.69) is 29.1 Å². The van der Waals surface area contributed by atoms with Gasteiger partial charge in [0.25, 0.3) is 0 Å². The third-order valence-electron chi connectivity index (χ3n) is 1.94. The van der Waals surface area contributed by atoms with Gasteiger partial charge in [0, 0.05) is 12.1 Å². The third-order valence-corrected chi connectivity index (χ3v) is 2.26. The Morgan fingerprint density at radius 2 is 2.07 bits per heavy atom. The fourth-order valence-corrected chi connectivity index (χ4v) is 1.49. The van der Waals surface area contributed by atoms with Gasteiger partial charge in [-0.05, 0) is 12.8 Å². The second kappa shape index (κ2) is 5.81. The van der Waals surface area contributed by atoms with E-state index in [1.54, 1.807) is 0 Å². The van der Waals surface area contributed by atoms with Gasteiger partial charge in [-0.2, -0.15) is 0 Å². The van der Waals surface area contributed by atoms with E-state index in [1.165, 1.54) is 6.33 Å². The molecule has 0 aliphatic heterocycles. The zero-order valence-electron chi connectivity index (χ0n) is 8.68. The van der Waals surface area contributed by atoms with Crippen molar-refractivity contribution in [3.8, 4) is 0 Å². The lowest BCUT2D eigenvalue weighted by atomic mass is 10.2. The number of hydrogen-bond acceptors (Lipinski definition) is 3. The second-order valence-corrected chi connectivity index (χ2v) is 3.53. The van der Waals surface area contributed by atoms with Crippen molar-refractivity contribution >= 4 is 17.4 Å². The van der Waals surface area contributed by atoms with Gasteiger partial charge < -0.3 is 5.32 Å². The largest absolute Gasteiger partial charge is 0.370 e. The standard InChI is InChI=1S/C10H16ClN3/c1-3-5-8-9(11)13-7-14-10(8)12-6-4-2/h7H,3-6H2,1-2H3,(H,12,13,14). The smallest absolute Gasteiger partial charge is 0.137 e. The highest BCUT2D eigenvalue weighted by atomic mass is 35.5. The summed E-state index contributed by atoms with van der Waals surface area (Å²) in [6.07, 6.45) is 4.55. The van der Waals surface area contributed by atoms with Crippen molar-refractivity contribution in [1.29, 1.82) is 0 Å². The SMILES string of the molecule is CCCNc1ncnc(Cl)c1CCC. The number of hydrogen-bond donors (Lipinski definition) is 1. The van der Waals surface area contributed by atoms with E-state index in [4.69, 9.17) is 11.6 Å². The highest BCUT2D eigenvalue weighted by Gasteiger charge is 2.07. The Morgan fingerprint density at radius 1 is 1.29 bits per heavy atom. The summed E-state index contributed by atoms with van der Waals surface area (Å²) in [7, 11) is 0. The van der Waals surface area contributed by atoms with Gasteiger partial charge in [0.15, 0.2) is 0 Å². The first kappa shape index (κ1) is 11.2. The van der Waals surface area contributed by atoms with Crippen molar-refractivity contribution < 1.29 is 0 Å². The molecule has 1 aromatic heterocycles. The van der Waals surface area contributed by atoms with Crippen LogP contribution >= 0.6 is 11.6 Å². The summed E-state index contributed by atoms with van der Waals surface area (Å²) in [6.45, 7) is 5.16. The fraction of sp³-hybridized carbons (Fsp3) is 0.600. The molecule has 1 rings (SSSR count). The quantitative estimate of drug-likeness (QED) is 0.765. The molecule has 0 saturated heterocycles. The lowest BCUT2D eigenvalue weighted by Gasteiger charge is -2.09. The number of anilines is 1. The molecule has 3 nitrogen and oxygen atoms in total. The Balaban J connectivity index is 2.83. The minimum absolute atomic E-state index is 0.570. The van der Waals surface area contributed by atoms with Crippen LogP contribution in [0.1, 0.15) is 32.3 Å². The van der Waals surface area contributed by atoms with E-state index in [9.17, 15) is 0 Å². The molecule has 0 amide bonds. The van der Waals surface area contributed by atoms with Crippen LogP contribution in [0.5, 0.6) is 0 Å². The topological polar surface area (TPSA) is 37.8 Å². The normalized spacial score (nSPS) is 10.2. The molecule has 0 saturated carbocycles. The summed E-state index contributed by atoms with van der Waals surface area (Å²) in [5.41, 5.74) is 1.03. The van der Waals surface area contributed by atoms with Crippen LogP contribution in [0.15, 0.2) is 6.33 Å². The molecule has 1 heterocycles. The van der Waals surface area contributed by atoms with Crippen molar-refractivity contribution in [2.45, 2.75) is 33.1 Å². The van der Waals surface area contributed by atoms with Crippen molar-refractivity contribution in [2.24, 2.45) is 0 Å². The first-order valence-electron chi connectivity index (χ1n) is 5.02. The summed E-state index contributed by atoms with van der Waals surface area (Å²) < 4.78 is 0. The molecule has 78 valence electrons. The van der Waals surface area contributed by atoms with Crippen molar-refractivity contribution in [3.63, 3.8) is 0 Å². The molecule has 0 aromatic carbocycles. The molecule has 0 aliphatic rings. The maximum Gasteiger partial charge on any atom is 0.137 e. The summed E-state index contributed by atoms with van der Waals surface area (Å²) in [6, 6.07) is 0. The molecular formula is C10H16ClN3. The Bertz CT molecular complexity index is 289. The zero-order valence-corrected chi connectivity index (χ0v) is 9.43. The summed E-state index contributed by atoms with van der Waals surface area (Å²) in [5.74, 6) is 0.883.